The van der Waals surface area contributed by atoms with Gasteiger partial charge in [0.25, 0.3) is 0 Å². The van der Waals surface area contributed by atoms with Crippen molar-refractivity contribution in [2.75, 3.05) is 5.32 Å². The molecule has 2 aliphatic rings. The first-order valence-corrected chi connectivity index (χ1v) is 5.73. The van der Waals surface area contributed by atoms with Crippen molar-refractivity contribution >= 4 is 5.69 Å². The Labute approximate surface area is 94.3 Å². The molecule has 1 aromatic carbocycles. The summed E-state index contributed by atoms with van der Waals surface area (Å²) in [6.45, 7) is 0. The topological polar surface area (TPSA) is 24.9 Å². The number of nitrogens with zero attached hydrogens (tertiary/aromatic N) is 1. The van der Waals surface area contributed by atoms with E-state index in [9.17, 15) is 0 Å². The van der Waals surface area contributed by atoms with Crippen molar-refractivity contribution in [2.45, 2.75) is 18.4 Å². The van der Waals surface area contributed by atoms with Crippen molar-refractivity contribution in [1.82, 2.24) is 4.98 Å². The molecule has 2 nitrogen and oxygen atoms in total. The minimum Gasteiger partial charge on any atom is -0.376 e. The van der Waals surface area contributed by atoms with Gasteiger partial charge in [-0.15, -0.1) is 0 Å². The standard InChI is InChI=1S/C14H12N2/c1-2-6-12-10(5-1)11-8-9-4-3-7-15-13(9)14(11)16-12/h1-7,11,14,16H,8H2. The van der Waals surface area contributed by atoms with Crippen LogP contribution in [-0.2, 0) is 6.42 Å². The zero-order valence-electron chi connectivity index (χ0n) is 8.85. The molecule has 0 amide bonds. The quantitative estimate of drug-likeness (QED) is 0.720. The minimum absolute atomic E-state index is 0.397. The highest BCUT2D eigenvalue weighted by Gasteiger charge is 2.40. The number of benzene rings is 1. The second kappa shape index (κ2) is 2.85. The number of nitrogens with one attached hydrogen (secondary N) is 1. The average molecular weight is 208 g/mol. The molecule has 1 aromatic heterocycles. The lowest BCUT2D eigenvalue weighted by molar-refractivity contribution is 0.667. The summed E-state index contributed by atoms with van der Waals surface area (Å²) in [6.07, 6.45) is 3.02. The Balaban J connectivity index is 1.86. The van der Waals surface area contributed by atoms with Gasteiger partial charge in [0.15, 0.2) is 0 Å². The molecule has 0 spiro atoms. The highest BCUT2D eigenvalue weighted by molar-refractivity contribution is 5.63. The molecule has 1 aliphatic carbocycles. The van der Waals surface area contributed by atoms with Gasteiger partial charge < -0.3 is 5.32 Å². The van der Waals surface area contributed by atoms with Crippen LogP contribution in [0.5, 0.6) is 0 Å². The maximum Gasteiger partial charge on any atom is 0.0760 e. The molecule has 2 aromatic rings. The zero-order valence-corrected chi connectivity index (χ0v) is 8.85. The Bertz CT molecular complexity index is 511. The number of hydrogen-bond acceptors (Lipinski definition) is 2. The van der Waals surface area contributed by atoms with Gasteiger partial charge in [-0.05, 0) is 29.7 Å². The number of pyridine rings is 1. The second-order valence-electron chi connectivity index (χ2n) is 4.57. The molecule has 2 unspecified atom stereocenters. The van der Waals surface area contributed by atoms with Crippen molar-refractivity contribution in [1.29, 1.82) is 0 Å². The zero-order chi connectivity index (χ0) is 10.5. The molecule has 0 fully saturated rings. The van der Waals surface area contributed by atoms with Crippen molar-refractivity contribution in [3.05, 3.63) is 59.4 Å². The van der Waals surface area contributed by atoms with Crippen LogP contribution >= 0.6 is 0 Å². The van der Waals surface area contributed by atoms with Crippen LogP contribution in [0.3, 0.4) is 0 Å². The van der Waals surface area contributed by atoms with E-state index in [2.05, 4.69) is 40.6 Å². The van der Waals surface area contributed by atoms with Crippen molar-refractivity contribution < 1.29 is 0 Å². The summed E-state index contributed by atoms with van der Waals surface area (Å²) in [5.41, 5.74) is 5.38. The molecule has 0 bridgehead atoms. The van der Waals surface area contributed by atoms with E-state index in [0.29, 0.717) is 12.0 Å². The molecule has 78 valence electrons. The molecule has 2 heterocycles. The second-order valence-corrected chi connectivity index (χ2v) is 4.57. The maximum atomic E-state index is 4.52. The summed E-state index contributed by atoms with van der Waals surface area (Å²) in [5.74, 6) is 0.584. The smallest absolute Gasteiger partial charge is 0.0760 e. The van der Waals surface area contributed by atoms with Gasteiger partial charge in [-0.1, -0.05) is 24.3 Å². The van der Waals surface area contributed by atoms with Gasteiger partial charge in [0.2, 0.25) is 0 Å². The lowest BCUT2D eigenvalue weighted by Crippen LogP contribution is -2.06. The van der Waals surface area contributed by atoms with Crippen molar-refractivity contribution in [3.63, 3.8) is 0 Å². The minimum atomic E-state index is 0.397. The van der Waals surface area contributed by atoms with E-state index in [4.69, 9.17) is 0 Å². The van der Waals surface area contributed by atoms with Gasteiger partial charge in [-0.2, -0.15) is 0 Å². The van der Waals surface area contributed by atoms with Crippen molar-refractivity contribution in [3.8, 4) is 0 Å². The largest absolute Gasteiger partial charge is 0.376 e. The van der Waals surface area contributed by atoms with Crippen LogP contribution in [0.15, 0.2) is 42.6 Å². The van der Waals surface area contributed by atoms with E-state index in [-0.39, 0.29) is 0 Å². The van der Waals surface area contributed by atoms with E-state index >= 15 is 0 Å². The fraction of sp³-hybridized carbons (Fsp3) is 0.214. The van der Waals surface area contributed by atoms with Crippen LogP contribution in [0.25, 0.3) is 0 Å². The van der Waals surface area contributed by atoms with Crippen LogP contribution < -0.4 is 5.32 Å². The summed E-state index contributed by atoms with van der Waals surface area (Å²) >= 11 is 0. The van der Waals surface area contributed by atoms with Crippen LogP contribution in [0.1, 0.15) is 28.8 Å². The number of rotatable bonds is 0. The monoisotopic (exact) mass is 208 g/mol. The van der Waals surface area contributed by atoms with Crippen LogP contribution in [0.2, 0.25) is 0 Å². The summed E-state index contributed by atoms with van der Waals surface area (Å²) < 4.78 is 0. The Morgan fingerprint density at radius 3 is 3.06 bits per heavy atom. The normalized spacial score (nSPS) is 24.5. The third kappa shape index (κ3) is 0.941. The third-order valence-corrected chi connectivity index (χ3v) is 3.73. The molecule has 4 rings (SSSR count). The number of aromatic nitrogens is 1. The van der Waals surface area contributed by atoms with Gasteiger partial charge in [-0.3, -0.25) is 4.98 Å². The lowest BCUT2D eigenvalue weighted by atomic mass is 9.96. The molecule has 1 N–H and O–H groups in total. The highest BCUT2D eigenvalue weighted by Crippen LogP contribution is 2.50. The molecule has 0 radical (unpaired) electrons. The molecular weight excluding hydrogens is 196 g/mol. The fourth-order valence-corrected chi connectivity index (χ4v) is 3.03. The van der Waals surface area contributed by atoms with E-state index in [0.717, 1.165) is 6.42 Å². The van der Waals surface area contributed by atoms with Crippen LogP contribution in [0, 0.1) is 0 Å². The lowest BCUT2D eigenvalue weighted by Gasteiger charge is -2.09. The molecule has 0 saturated carbocycles. The molecule has 16 heavy (non-hydrogen) atoms. The van der Waals surface area contributed by atoms with Crippen LogP contribution in [0.4, 0.5) is 5.69 Å². The Morgan fingerprint density at radius 1 is 1.12 bits per heavy atom. The highest BCUT2D eigenvalue weighted by atomic mass is 15.0. The van der Waals surface area contributed by atoms with E-state index in [1.54, 1.807) is 0 Å². The average Bonchev–Trinajstić information content (AvgIpc) is 2.85. The Morgan fingerprint density at radius 2 is 2.06 bits per heavy atom. The summed E-state index contributed by atoms with van der Waals surface area (Å²) in [4.78, 5) is 4.52. The first-order chi connectivity index (χ1) is 7.93. The Hall–Kier alpha value is -1.83. The van der Waals surface area contributed by atoms with Gasteiger partial charge >= 0.3 is 0 Å². The predicted octanol–water partition coefficient (Wildman–Crippen LogP) is 2.89. The van der Waals surface area contributed by atoms with Crippen molar-refractivity contribution in [2.24, 2.45) is 0 Å². The van der Waals surface area contributed by atoms with E-state index < -0.39 is 0 Å². The molecule has 1 aliphatic heterocycles. The summed E-state index contributed by atoms with van der Waals surface area (Å²) in [6, 6.07) is 13.2. The van der Waals surface area contributed by atoms with Gasteiger partial charge in [0, 0.05) is 17.8 Å². The van der Waals surface area contributed by atoms with E-state index in [1.807, 2.05) is 12.3 Å². The number of anilines is 1. The first kappa shape index (κ1) is 8.34. The number of fused-ring (bicyclic) bond motifs is 5. The van der Waals surface area contributed by atoms with Gasteiger partial charge in [0.1, 0.15) is 0 Å². The fourth-order valence-electron chi connectivity index (χ4n) is 3.03. The molecule has 2 atom stereocenters. The third-order valence-electron chi connectivity index (χ3n) is 3.73. The molecule has 0 saturated heterocycles. The summed E-state index contributed by atoms with van der Waals surface area (Å²) in [5, 5.41) is 3.59. The SMILES string of the molecule is c1cnc2c(c1)CC1c3ccccc3NC21. The Kier molecular flexibility index (Phi) is 1.48. The summed E-state index contributed by atoms with van der Waals surface area (Å²) in [7, 11) is 0. The number of para-hydroxylation sites is 1. The van der Waals surface area contributed by atoms with Gasteiger partial charge in [-0.25, -0.2) is 0 Å². The maximum absolute atomic E-state index is 4.52. The predicted molar refractivity (Wildman–Crippen MR) is 63.5 cm³/mol. The number of hydrogen-bond donors (Lipinski definition) is 1. The molecule has 2 heteroatoms. The first-order valence-electron chi connectivity index (χ1n) is 5.73. The molecular formula is C14H12N2. The van der Waals surface area contributed by atoms with Crippen LogP contribution in [-0.4, -0.2) is 4.98 Å². The van der Waals surface area contributed by atoms with E-state index in [1.165, 1.54) is 22.5 Å². The van der Waals surface area contributed by atoms with Gasteiger partial charge in [0.05, 0.1) is 11.7 Å².